The van der Waals surface area contributed by atoms with Gasteiger partial charge < -0.3 is 15.1 Å². The summed E-state index contributed by atoms with van der Waals surface area (Å²) in [7, 11) is 0. The number of hydrogen-bond acceptors (Lipinski definition) is 6. The predicted molar refractivity (Wildman–Crippen MR) is 115 cm³/mol. The number of aryl methyl sites for hydroxylation is 2. The third-order valence-corrected chi connectivity index (χ3v) is 5.17. The Morgan fingerprint density at radius 3 is 2.14 bits per heavy atom. The van der Waals surface area contributed by atoms with Crippen LogP contribution in [0.3, 0.4) is 0 Å². The van der Waals surface area contributed by atoms with E-state index in [1.54, 1.807) is 18.6 Å². The molecule has 1 saturated heterocycles. The van der Waals surface area contributed by atoms with Crippen molar-refractivity contribution in [2.45, 2.75) is 13.8 Å². The molecule has 1 fully saturated rings. The summed E-state index contributed by atoms with van der Waals surface area (Å²) in [5, 5.41) is 3.00. The first kappa shape index (κ1) is 18.9. The van der Waals surface area contributed by atoms with E-state index < -0.39 is 0 Å². The average molecular weight is 388 g/mol. The highest BCUT2D eigenvalue weighted by Crippen LogP contribution is 2.21. The Hall–Kier alpha value is -3.48. The molecule has 4 rings (SSSR count). The Morgan fingerprint density at radius 2 is 1.52 bits per heavy atom. The average Bonchev–Trinajstić information content (AvgIpc) is 2.77. The van der Waals surface area contributed by atoms with Gasteiger partial charge in [-0.05, 0) is 43.2 Å². The number of anilines is 3. The zero-order valence-corrected chi connectivity index (χ0v) is 16.7. The minimum absolute atomic E-state index is 0.146. The number of rotatable bonds is 4. The van der Waals surface area contributed by atoms with Crippen LogP contribution < -0.4 is 15.1 Å². The number of aromatic nitrogens is 3. The SMILES string of the molecule is Cc1cccc(C)c1NC(=O)c1ccc(N2CCN(c3ncccn3)CC2)nc1. The lowest BCUT2D eigenvalue weighted by molar-refractivity contribution is 0.102. The van der Waals surface area contributed by atoms with Crippen molar-refractivity contribution in [3.05, 3.63) is 71.7 Å². The lowest BCUT2D eigenvalue weighted by atomic mass is 10.1. The van der Waals surface area contributed by atoms with Crippen LogP contribution in [0, 0.1) is 13.8 Å². The van der Waals surface area contributed by atoms with Crippen molar-refractivity contribution in [2.24, 2.45) is 0 Å². The van der Waals surface area contributed by atoms with E-state index in [0.29, 0.717) is 5.56 Å². The second-order valence-corrected chi connectivity index (χ2v) is 7.15. The second kappa shape index (κ2) is 8.26. The molecule has 1 N–H and O–H groups in total. The van der Waals surface area contributed by atoms with Gasteiger partial charge in [-0.15, -0.1) is 0 Å². The molecule has 29 heavy (non-hydrogen) atoms. The first-order valence-corrected chi connectivity index (χ1v) is 9.72. The van der Waals surface area contributed by atoms with Gasteiger partial charge in [0.25, 0.3) is 5.91 Å². The Labute approximate surface area is 170 Å². The maximum absolute atomic E-state index is 12.6. The van der Waals surface area contributed by atoms with Crippen molar-refractivity contribution in [2.75, 3.05) is 41.3 Å². The smallest absolute Gasteiger partial charge is 0.257 e. The molecule has 148 valence electrons. The predicted octanol–water partition coefficient (Wildman–Crippen LogP) is 3.07. The summed E-state index contributed by atoms with van der Waals surface area (Å²) in [5.41, 5.74) is 3.50. The number of nitrogens with one attached hydrogen (secondary N) is 1. The molecule has 0 unspecified atom stereocenters. The highest BCUT2D eigenvalue weighted by Gasteiger charge is 2.20. The molecule has 1 aliphatic heterocycles. The van der Waals surface area contributed by atoms with Crippen LogP contribution in [0.4, 0.5) is 17.5 Å². The van der Waals surface area contributed by atoms with Gasteiger partial charge in [0.1, 0.15) is 5.82 Å². The fourth-order valence-electron chi connectivity index (χ4n) is 3.49. The van der Waals surface area contributed by atoms with Gasteiger partial charge in [0.2, 0.25) is 5.95 Å². The van der Waals surface area contributed by atoms with Crippen LogP contribution in [0.15, 0.2) is 55.0 Å². The Morgan fingerprint density at radius 1 is 0.862 bits per heavy atom. The number of amides is 1. The van der Waals surface area contributed by atoms with Crippen LogP contribution in [0.1, 0.15) is 21.5 Å². The minimum Gasteiger partial charge on any atom is -0.353 e. The van der Waals surface area contributed by atoms with E-state index in [1.807, 2.05) is 50.2 Å². The van der Waals surface area contributed by atoms with Gasteiger partial charge in [0, 0.05) is 50.5 Å². The van der Waals surface area contributed by atoms with Crippen LogP contribution in [0.5, 0.6) is 0 Å². The third kappa shape index (κ3) is 4.18. The van der Waals surface area contributed by atoms with E-state index in [1.165, 1.54) is 0 Å². The van der Waals surface area contributed by atoms with Crippen molar-refractivity contribution in [1.82, 2.24) is 15.0 Å². The van der Waals surface area contributed by atoms with Crippen molar-refractivity contribution < 1.29 is 4.79 Å². The molecule has 0 atom stereocenters. The number of carbonyl (C=O) groups excluding carboxylic acids is 1. The molecule has 1 aromatic carbocycles. The number of pyridine rings is 1. The second-order valence-electron chi connectivity index (χ2n) is 7.15. The first-order chi connectivity index (χ1) is 14.1. The summed E-state index contributed by atoms with van der Waals surface area (Å²) in [4.78, 5) is 30.2. The number of hydrogen-bond donors (Lipinski definition) is 1. The van der Waals surface area contributed by atoms with E-state index in [9.17, 15) is 4.79 Å². The zero-order valence-electron chi connectivity index (χ0n) is 16.7. The van der Waals surface area contributed by atoms with Gasteiger partial charge in [-0.25, -0.2) is 15.0 Å². The summed E-state index contributed by atoms with van der Waals surface area (Å²) in [6, 6.07) is 11.5. The van der Waals surface area contributed by atoms with E-state index in [2.05, 4.69) is 30.1 Å². The van der Waals surface area contributed by atoms with Gasteiger partial charge in [-0.1, -0.05) is 18.2 Å². The Kier molecular flexibility index (Phi) is 5.37. The third-order valence-electron chi connectivity index (χ3n) is 5.17. The van der Waals surface area contributed by atoms with E-state index in [4.69, 9.17) is 0 Å². The van der Waals surface area contributed by atoms with Crippen LogP contribution >= 0.6 is 0 Å². The van der Waals surface area contributed by atoms with Crippen LogP contribution in [-0.4, -0.2) is 47.0 Å². The molecule has 2 aromatic heterocycles. The molecule has 7 heteroatoms. The number of para-hydroxylation sites is 1. The number of carbonyl (C=O) groups is 1. The highest BCUT2D eigenvalue weighted by molar-refractivity contribution is 6.05. The minimum atomic E-state index is -0.146. The van der Waals surface area contributed by atoms with E-state index in [0.717, 1.165) is 54.8 Å². The lowest BCUT2D eigenvalue weighted by Gasteiger charge is -2.35. The topological polar surface area (TPSA) is 74.2 Å². The monoisotopic (exact) mass is 388 g/mol. The van der Waals surface area contributed by atoms with Crippen LogP contribution in [0.2, 0.25) is 0 Å². The number of piperazine rings is 1. The molecule has 3 aromatic rings. The molecule has 3 heterocycles. The van der Waals surface area contributed by atoms with Gasteiger partial charge in [0.05, 0.1) is 5.56 Å². The summed E-state index contributed by atoms with van der Waals surface area (Å²) in [6.45, 7) is 7.31. The first-order valence-electron chi connectivity index (χ1n) is 9.72. The van der Waals surface area contributed by atoms with Crippen molar-refractivity contribution in [1.29, 1.82) is 0 Å². The van der Waals surface area contributed by atoms with Crippen molar-refractivity contribution in [3.8, 4) is 0 Å². The Balaban J connectivity index is 1.39. The van der Waals surface area contributed by atoms with Crippen molar-refractivity contribution >= 4 is 23.4 Å². The zero-order chi connectivity index (χ0) is 20.2. The fraction of sp³-hybridized carbons (Fsp3) is 0.273. The molecule has 7 nitrogen and oxygen atoms in total. The largest absolute Gasteiger partial charge is 0.353 e. The fourth-order valence-corrected chi connectivity index (χ4v) is 3.49. The molecule has 0 aliphatic carbocycles. The molecule has 0 radical (unpaired) electrons. The molecule has 0 saturated carbocycles. The van der Waals surface area contributed by atoms with Crippen LogP contribution in [0.25, 0.3) is 0 Å². The quantitative estimate of drug-likeness (QED) is 0.740. The summed E-state index contributed by atoms with van der Waals surface area (Å²) in [6.07, 6.45) is 5.17. The summed E-state index contributed by atoms with van der Waals surface area (Å²) < 4.78 is 0. The van der Waals surface area contributed by atoms with Gasteiger partial charge in [-0.3, -0.25) is 4.79 Å². The molecule has 1 aliphatic rings. The van der Waals surface area contributed by atoms with Crippen LogP contribution in [-0.2, 0) is 0 Å². The lowest BCUT2D eigenvalue weighted by Crippen LogP contribution is -2.47. The van der Waals surface area contributed by atoms with Gasteiger partial charge in [-0.2, -0.15) is 0 Å². The summed E-state index contributed by atoms with van der Waals surface area (Å²) >= 11 is 0. The maximum atomic E-state index is 12.6. The van der Waals surface area contributed by atoms with Gasteiger partial charge in [0.15, 0.2) is 0 Å². The Bertz CT molecular complexity index is 962. The normalized spacial score (nSPS) is 14.0. The standard InChI is InChI=1S/C22H24N6O/c1-16-5-3-6-17(2)20(16)26-21(29)18-7-8-19(25-15-18)27-11-13-28(14-12-27)22-23-9-4-10-24-22/h3-10,15H,11-14H2,1-2H3,(H,26,29). The molecule has 0 bridgehead atoms. The molecule has 0 spiro atoms. The van der Waals surface area contributed by atoms with E-state index >= 15 is 0 Å². The molecular formula is C22H24N6O. The molecule has 1 amide bonds. The van der Waals surface area contributed by atoms with E-state index in [-0.39, 0.29) is 5.91 Å². The number of nitrogens with zero attached hydrogens (tertiary/aromatic N) is 5. The molecular weight excluding hydrogens is 364 g/mol. The number of benzene rings is 1. The van der Waals surface area contributed by atoms with Crippen molar-refractivity contribution in [3.63, 3.8) is 0 Å². The maximum Gasteiger partial charge on any atom is 0.257 e. The van der Waals surface area contributed by atoms with Gasteiger partial charge >= 0.3 is 0 Å². The summed E-state index contributed by atoms with van der Waals surface area (Å²) in [5.74, 6) is 1.49. The highest BCUT2D eigenvalue weighted by atomic mass is 16.1.